The zero-order valence-electron chi connectivity index (χ0n) is 65.1. The summed E-state index contributed by atoms with van der Waals surface area (Å²) in [6.45, 7) is 26.2. The fraction of sp³-hybridized carbons (Fsp3) is 0.402. The Labute approximate surface area is 643 Å². The number of fused-ring (bicyclic) bond motifs is 2. The van der Waals surface area contributed by atoms with Crippen molar-refractivity contribution in [3.05, 3.63) is 188 Å². The number of rotatable bonds is 30. The van der Waals surface area contributed by atoms with E-state index < -0.39 is 59.9 Å². The number of ether oxygens (including phenoxy) is 8. The SMILES string of the molecule is C=C(C)C(=O)OCCCCOC(=O)C(CCC1CCCCC1)N1C(=O)c2cc(Oc3cc(C)cc(C)c3)c3c4c(Oc5cc(C)cc(C)c5)cc5c6c(cc(Oc7cc(C)cc(C)c7)c(c7c(Oc8cc(C)cc(C)c8)cc(c2c37)C1=O)c64)C(O)N(C(CCC1CCCCC1)C(=O)OCCCCOC(=O)C(=C)C)C5=O. The summed E-state index contributed by atoms with van der Waals surface area (Å²) in [5.74, 6) is -2.08. The maximum absolute atomic E-state index is 16.7. The first-order valence-corrected chi connectivity index (χ1v) is 39.1. The second-order valence-electron chi connectivity index (χ2n) is 31.3. The van der Waals surface area contributed by atoms with Gasteiger partial charge in [-0.2, -0.15) is 0 Å². The average molecular weight is 1490 g/mol. The molecule has 13 rings (SSSR count). The Hall–Kier alpha value is -10.6. The molecule has 2 fully saturated rings. The number of hydrogen-bond acceptors (Lipinski definition) is 16. The number of imide groups is 1. The molecular formula is C92H100N2O16. The Morgan fingerprint density at radius 3 is 1.05 bits per heavy atom. The van der Waals surface area contributed by atoms with Crippen molar-refractivity contribution in [1.29, 1.82) is 0 Å². The smallest absolute Gasteiger partial charge is 0.333 e. The predicted molar refractivity (Wildman–Crippen MR) is 424 cm³/mol. The Bertz CT molecular complexity index is 4940. The number of amides is 3. The molecule has 3 amide bonds. The van der Waals surface area contributed by atoms with Gasteiger partial charge in [0.25, 0.3) is 17.7 Å². The van der Waals surface area contributed by atoms with E-state index in [-0.39, 0.29) is 113 Å². The van der Waals surface area contributed by atoms with Crippen LogP contribution in [-0.4, -0.2) is 95.0 Å². The number of unbranched alkanes of at least 4 members (excludes halogenated alkanes) is 2. The molecule has 3 atom stereocenters. The molecule has 2 aliphatic carbocycles. The lowest BCUT2D eigenvalue weighted by Gasteiger charge is -2.39. The van der Waals surface area contributed by atoms with E-state index in [1.54, 1.807) is 38.1 Å². The van der Waals surface area contributed by atoms with Crippen LogP contribution in [0.4, 0.5) is 0 Å². The van der Waals surface area contributed by atoms with E-state index in [1.165, 1.54) is 4.90 Å². The zero-order chi connectivity index (χ0) is 77.9. The normalized spacial score (nSPS) is 15.8. The largest absolute Gasteiger partial charge is 0.464 e. The fourth-order valence-electron chi connectivity index (χ4n) is 17.0. The molecule has 0 saturated heterocycles. The monoisotopic (exact) mass is 1490 g/mol. The van der Waals surface area contributed by atoms with Crippen LogP contribution in [0.2, 0.25) is 0 Å². The Balaban J connectivity index is 1.10. The molecule has 0 spiro atoms. The molecule has 2 heterocycles. The molecular weight excluding hydrogens is 1390 g/mol. The van der Waals surface area contributed by atoms with Crippen molar-refractivity contribution in [3.63, 3.8) is 0 Å². The van der Waals surface area contributed by atoms with Gasteiger partial charge in [0.1, 0.15) is 58.1 Å². The third-order valence-electron chi connectivity index (χ3n) is 21.9. The Kier molecular flexibility index (Phi) is 23.5. The number of hydrogen-bond donors (Lipinski definition) is 1. The summed E-state index contributed by atoms with van der Waals surface area (Å²) in [4.78, 5) is 107. The van der Waals surface area contributed by atoms with Gasteiger partial charge in [0.15, 0.2) is 6.23 Å². The third kappa shape index (κ3) is 16.6. The zero-order valence-corrected chi connectivity index (χ0v) is 65.1. The quantitative estimate of drug-likeness (QED) is 0.00841. The van der Waals surface area contributed by atoms with E-state index in [0.717, 1.165) is 114 Å². The third-order valence-corrected chi connectivity index (χ3v) is 21.9. The molecule has 9 aromatic carbocycles. The molecule has 4 aliphatic rings. The van der Waals surface area contributed by atoms with Crippen LogP contribution in [0.1, 0.15) is 217 Å². The highest BCUT2D eigenvalue weighted by atomic mass is 16.6. The number of nitrogens with zero attached hydrogens (tertiary/aromatic N) is 2. The van der Waals surface area contributed by atoms with Gasteiger partial charge in [0.05, 0.1) is 43.1 Å². The van der Waals surface area contributed by atoms with Gasteiger partial charge in [-0.15, -0.1) is 0 Å². The number of aliphatic hydroxyl groups excluding tert-OH is 1. The van der Waals surface area contributed by atoms with Crippen LogP contribution >= 0.6 is 0 Å². The number of carbonyl (C=O) groups is 7. The maximum atomic E-state index is 16.7. The molecule has 1 N–H and O–H groups in total. The summed E-state index contributed by atoms with van der Waals surface area (Å²) in [5, 5.41) is 16.3. The number of esters is 4. The molecule has 2 aliphatic heterocycles. The van der Waals surface area contributed by atoms with Crippen molar-refractivity contribution in [2.75, 3.05) is 26.4 Å². The number of aryl methyl sites for hydroxylation is 8. The topological polar surface area (TPSA) is 220 Å². The van der Waals surface area contributed by atoms with Crippen LogP contribution in [0.3, 0.4) is 0 Å². The molecule has 18 heteroatoms. The summed E-state index contributed by atoms with van der Waals surface area (Å²) in [5.41, 5.74) is 7.90. The second-order valence-corrected chi connectivity index (χ2v) is 31.3. The van der Waals surface area contributed by atoms with E-state index in [0.29, 0.717) is 99.2 Å². The van der Waals surface area contributed by atoms with Gasteiger partial charge in [0.2, 0.25) is 0 Å². The number of aliphatic hydroxyl groups is 1. The molecule has 9 aromatic rings. The summed E-state index contributed by atoms with van der Waals surface area (Å²) in [6, 6.07) is 27.1. The minimum Gasteiger partial charge on any atom is -0.464 e. The molecule has 110 heavy (non-hydrogen) atoms. The van der Waals surface area contributed by atoms with Crippen LogP contribution in [0.25, 0.3) is 43.1 Å². The number of benzene rings is 9. The van der Waals surface area contributed by atoms with E-state index in [2.05, 4.69) is 13.2 Å². The summed E-state index contributed by atoms with van der Waals surface area (Å²) >= 11 is 0. The second kappa shape index (κ2) is 33.3. The van der Waals surface area contributed by atoms with E-state index in [1.807, 2.05) is 128 Å². The first-order valence-electron chi connectivity index (χ1n) is 39.1. The van der Waals surface area contributed by atoms with Gasteiger partial charge in [-0.1, -0.05) is 102 Å². The van der Waals surface area contributed by atoms with Gasteiger partial charge < -0.3 is 43.0 Å². The Morgan fingerprint density at radius 1 is 0.391 bits per heavy atom. The van der Waals surface area contributed by atoms with Crippen molar-refractivity contribution >= 4 is 84.7 Å². The highest BCUT2D eigenvalue weighted by Gasteiger charge is 2.47. The van der Waals surface area contributed by atoms with E-state index in [4.69, 9.17) is 37.9 Å². The molecule has 18 nitrogen and oxygen atoms in total. The predicted octanol–water partition coefficient (Wildman–Crippen LogP) is 20.8. The van der Waals surface area contributed by atoms with Crippen LogP contribution < -0.4 is 18.9 Å². The molecule has 574 valence electrons. The molecule has 3 unspecified atom stereocenters. The number of carbonyl (C=O) groups excluding carboxylic acids is 7. The lowest BCUT2D eigenvalue weighted by atomic mass is 9.79. The highest BCUT2D eigenvalue weighted by Crippen LogP contribution is 2.59. The average Bonchev–Trinajstić information content (AvgIpc) is 0.670. The summed E-state index contributed by atoms with van der Waals surface area (Å²) in [6.07, 6.45) is 11.0. The summed E-state index contributed by atoms with van der Waals surface area (Å²) in [7, 11) is 0. The van der Waals surface area contributed by atoms with Crippen LogP contribution in [0, 0.1) is 67.2 Å². The van der Waals surface area contributed by atoms with Crippen molar-refractivity contribution in [1.82, 2.24) is 9.80 Å². The van der Waals surface area contributed by atoms with Crippen LogP contribution in [0.5, 0.6) is 46.0 Å². The first-order chi connectivity index (χ1) is 52.8. The minimum atomic E-state index is -1.81. The van der Waals surface area contributed by atoms with Gasteiger partial charge in [0, 0.05) is 59.8 Å². The van der Waals surface area contributed by atoms with Crippen LogP contribution in [0.15, 0.2) is 121 Å². The van der Waals surface area contributed by atoms with Crippen molar-refractivity contribution in [2.24, 2.45) is 11.8 Å². The Morgan fingerprint density at radius 2 is 0.700 bits per heavy atom. The van der Waals surface area contributed by atoms with Crippen LogP contribution in [-0.2, 0) is 38.1 Å². The summed E-state index contributed by atoms with van der Waals surface area (Å²) < 4.78 is 52.6. The lowest BCUT2D eigenvalue weighted by molar-refractivity contribution is -0.154. The van der Waals surface area contributed by atoms with Crippen molar-refractivity contribution in [3.8, 4) is 46.0 Å². The van der Waals surface area contributed by atoms with E-state index in [9.17, 15) is 14.7 Å². The molecule has 0 bridgehead atoms. The fourth-order valence-corrected chi connectivity index (χ4v) is 17.0. The van der Waals surface area contributed by atoms with Crippen molar-refractivity contribution in [2.45, 2.75) is 203 Å². The minimum absolute atomic E-state index is 0.0351. The molecule has 0 aromatic heterocycles. The van der Waals surface area contributed by atoms with Gasteiger partial charge in [-0.3, -0.25) is 24.2 Å². The molecule has 2 saturated carbocycles. The highest BCUT2D eigenvalue weighted by molar-refractivity contribution is 6.43. The van der Waals surface area contributed by atoms with Crippen molar-refractivity contribution < 1.29 is 76.6 Å². The standard InChI is InChI=1S/C92H100N2O16/c1-51(2)89(99)103-31-19-21-33-105-91(101)71(29-27-61-23-15-13-16-24-61)93-85(95)67-47-73(107-63-39-53(5)35-54(6)40-63)79-81-75(109-65-43-57(9)37-58(10)44-65)49-69-78-70(88(98)94(87(69)97)72(30-28-62-25-17-14-18-26-62)92(102)106-34-22-20-32-104-90(100)52(3)4)50-76(110-66-45-59(11)38-60(12)46-66)82(84(78)81)80-74(48-68(86(93)96)77(67)83(79)80)108-64-41-55(7)36-56(8)42-64/h35-50,61-62,71-72,85,95H,1,3,13-34H2,2,4-12H3. The first kappa shape index (κ1) is 77.6. The lowest BCUT2D eigenvalue weighted by Crippen LogP contribution is -2.51. The molecule has 0 radical (unpaired) electrons. The van der Waals surface area contributed by atoms with Gasteiger partial charge in [-0.05, 0) is 250 Å². The van der Waals surface area contributed by atoms with Gasteiger partial charge >= 0.3 is 23.9 Å². The maximum Gasteiger partial charge on any atom is 0.333 e. The van der Waals surface area contributed by atoms with Gasteiger partial charge in [-0.25, -0.2) is 19.2 Å². The van der Waals surface area contributed by atoms with E-state index >= 15 is 24.0 Å².